The maximum Gasteiger partial charge on any atom is 0.313 e. The fraction of sp³-hybridized carbons (Fsp3) is 0.545. The Kier molecular flexibility index (Phi) is 3.60. The number of aromatic nitrogens is 4. The van der Waals surface area contributed by atoms with E-state index >= 15 is 0 Å². The molecule has 0 spiro atoms. The zero-order valence-corrected chi connectivity index (χ0v) is 11.5. The van der Waals surface area contributed by atoms with Crippen molar-refractivity contribution in [1.29, 1.82) is 0 Å². The van der Waals surface area contributed by atoms with Crippen molar-refractivity contribution >= 4 is 28.9 Å². The fourth-order valence-electron chi connectivity index (χ4n) is 1.98. The van der Waals surface area contributed by atoms with E-state index in [0.717, 1.165) is 35.0 Å². The normalized spacial score (nSPS) is 11.3. The smallest absolute Gasteiger partial charge is 0.313 e. The fourth-order valence-corrected chi connectivity index (χ4v) is 2.72. The maximum atomic E-state index is 10.7. The number of aryl methyl sites for hydroxylation is 3. The summed E-state index contributed by atoms with van der Waals surface area (Å²) >= 11 is 1.25. The maximum absolute atomic E-state index is 10.7. The first-order valence-electron chi connectivity index (χ1n) is 5.79. The average molecular weight is 268 g/mol. The van der Waals surface area contributed by atoms with Crippen LogP contribution in [-0.4, -0.2) is 36.2 Å². The monoisotopic (exact) mass is 268 g/mol. The number of carboxylic acids is 1. The van der Waals surface area contributed by atoms with Crippen LogP contribution >= 0.6 is 11.8 Å². The molecule has 0 aliphatic rings. The molecule has 2 rings (SSSR count). The van der Waals surface area contributed by atoms with Gasteiger partial charge in [0.15, 0.2) is 10.8 Å². The van der Waals surface area contributed by atoms with Gasteiger partial charge in [-0.3, -0.25) is 9.48 Å². The van der Waals surface area contributed by atoms with Crippen LogP contribution in [0.2, 0.25) is 0 Å². The molecule has 0 atom stereocenters. The number of fused-ring (bicyclic) bond motifs is 1. The van der Waals surface area contributed by atoms with Gasteiger partial charge < -0.3 is 9.67 Å². The Labute approximate surface area is 109 Å². The van der Waals surface area contributed by atoms with Crippen molar-refractivity contribution < 1.29 is 9.90 Å². The van der Waals surface area contributed by atoms with Crippen molar-refractivity contribution in [1.82, 2.24) is 19.3 Å². The molecule has 7 heteroatoms. The molecule has 0 aliphatic carbocycles. The summed E-state index contributed by atoms with van der Waals surface area (Å²) in [7, 11) is 1.88. The van der Waals surface area contributed by atoms with Crippen molar-refractivity contribution in [2.24, 2.45) is 7.05 Å². The highest BCUT2D eigenvalue weighted by Gasteiger charge is 2.17. The summed E-state index contributed by atoms with van der Waals surface area (Å²) in [6, 6.07) is 0. The van der Waals surface area contributed by atoms with Crippen LogP contribution in [0.15, 0.2) is 5.16 Å². The highest BCUT2D eigenvalue weighted by molar-refractivity contribution is 7.99. The molecule has 2 heterocycles. The first-order valence-corrected chi connectivity index (χ1v) is 6.77. The van der Waals surface area contributed by atoms with Crippen LogP contribution in [0.25, 0.3) is 11.2 Å². The number of aliphatic carboxylic acids is 1. The van der Waals surface area contributed by atoms with Crippen LogP contribution in [0.5, 0.6) is 0 Å². The Balaban J connectivity index is 2.47. The van der Waals surface area contributed by atoms with E-state index in [0.29, 0.717) is 0 Å². The molecular weight excluding hydrogens is 252 g/mol. The number of rotatable bonds is 5. The minimum Gasteiger partial charge on any atom is -0.481 e. The molecule has 0 radical (unpaired) electrons. The highest BCUT2D eigenvalue weighted by atomic mass is 32.2. The molecule has 0 amide bonds. The molecule has 98 valence electrons. The number of hydrogen-bond donors (Lipinski definition) is 1. The first-order chi connectivity index (χ1) is 8.54. The number of thioether (sulfide) groups is 1. The Hall–Kier alpha value is -1.50. The molecule has 0 saturated heterocycles. The van der Waals surface area contributed by atoms with E-state index in [2.05, 4.69) is 17.0 Å². The van der Waals surface area contributed by atoms with Crippen molar-refractivity contribution in [3.05, 3.63) is 5.69 Å². The number of nitrogens with zero attached hydrogens (tertiary/aromatic N) is 4. The van der Waals surface area contributed by atoms with Crippen LogP contribution in [0, 0.1) is 6.92 Å². The number of hydrogen-bond acceptors (Lipinski definition) is 4. The Morgan fingerprint density at radius 3 is 2.83 bits per heavy atom. The Morgan fingerprint density at radius 2 is 2.22 bits per heavy atom. The standard InChI is InChI=1S/C11H16N4O2S/c1-4-5-15-10-9(7(2)13-14(10)3)12-11(15)18-6-8(16)17/h4-6H2,1-3H3,(H,16,17). The zero-order chi connectivity index (χ0) is 13.3. The van der Waals surface area contributed by atoms with E-state index in [1.165, 1.54) is 11.8 Å². The van der Waals surface area contributed by atoms with Gasteiger partial charge in [0.25, 0.3) is 0 Å². The summed E-state index contributed by atoms with van der Waals surface area (Å²) in [6.45, 7) is 4.81. The van der Waals surface area contributed by atoms with Gasteiger partial charge >= 0.3 is 5.97 Å². The van der Waals surface area contributed by atoms with Gasteiger partial charge in [0.05, 0.1) is 11.4 Å². The molecule has 1 N–H and O–H groups in total. The molecule has 0 aliphatic heterocycles. The second-order valence-corrected chi connectivity index (χ2v) is 5.05. The van der Waals surface area contributed by atoms with Gasteiger partial charge in [0.2, 0.25) is 0 Å². The van der Waals surface area contributed by atoms with Gasteiger partial charge in [-0.25, -0.2) is 4.98 Å². The van der Waals surface area contributed by atoms with Gasteiger partial charge in [-0.2, -0.15) is 5.10 Å². The first kappa shape index (κ1) is 12.9. The van der Waals surface area contributed by atoms with Crippen molar-refractivity contribution in [3.8, 4) is 0 Å². The molecular formula is C11H16N4O2S. The number of imidazole rings is 1. The van der Waals surface area contributed by atoms with Crippen LogP contribution in [0.4, 0.5) is 0 Å². The summed E-state index contributed by atoms with van der Waals surface area (Å²) in [5, 5.41) is 13.8. The average Bonchev–Trinajstić information content (AvgIpc) is 2.77. The largest absolute Gasteiger partial charge is 0.481 e. The predicted molar refractivity (Wildman–Crippen MR) is 69.9 cm³/mol. The van der Waals surface area contributed by atoms with E-state index in [1.807, 2.05) is 18.5 Å². The lowest BCUT2D eigenvalue weighted by molar-refractivity contribution is -0.133. The van der Waals surface area contributed by atoms with E-state index in [4.69, 9.17) is 5.11 Å². The highest BCUT2D eigenvalue weighted by Crippen LogP contribution is 2.25. The number of carbonyl (C=O) groups is 1. The van der Waals surface area contributed by atoms with Gasteiger partial charge in [0.1, 0.15) is 5.52 Å². The Morgan fingerprint density at radius 1 is 1.50 bits per heavy atom. The molecule has 0 aromatic carbocycles. The van der Waals surface area contributed by atoms with Gasteiger partial charge in [-0.05, 0) is 13.3 Å². The predicted octanol–water partition coefficient (Wildman–Crippen LogP) is 1.66. The van der Waals surface area contributed by atoms with E-state index in [-0.39, 0.29) is 5.75 Å². The van der Waals surface area contributed by atoms with Crippen LogP contribution in [0.1, 0.15) is 19.0 Å². The number of carboxylic acid groups (broad SMARTS) is 1. The SMILES string of the molecule is CCCn1c(SCC(=O)O)nc2c(C)nn(C)c21. The minimum absolute atomic E-state index is 0.0273. The molecule has 2 aromatic heterocycles. The van der Waals surface area contributed by atoms with E-state index < -0.39 is 5.97 Å². The Bertz CT molecular complexity index is 587. The van der Waals surface area contributed by atoms with Crippen molar-refractivity contribution in [3.63, 3.8) is 0 Å². The van der Waals surface area contributed by atoms with Crippen LogP contribution < -0.4 is 0 Å². The third-order valence-corrected chi connectivity index (χ3v) is 3.59. The van der Waals surface area contributed by atoms with Gasteiger partial charge in [-0.1, -0.05) is 18.7 Å². The van der Waals surface area contributed by atoms with Crippen LogP contribution in [-0.2, 0) is 18.4 Å². The van der Waals surface area contributed by atoms with Crippen LogP contribution in [0.3, 0.4) is 0 Å². The molecule has 0 fully saturated rings. The van der Waals surface area contributed by atoms with Gasteiger partial charge in [0, 0.05) is 13.6 Å². The molecule has 0 saturated carbocycles. The summed E-state index contributed by atoms with van der Waals surface area (Å²) in [5.74, 6) is -0.801. The molecule has 0 unspecified atom stereocenters. The minimum atomic E-state index is -0.829. The van der Waals surface area contributed by atoms with E-state index in [9.17, 15) is 4.79 Å². The molecule has 2 aromatic rings. The summed E-state index contributed by atoms with van der Waals surface area (Å²) in [5.41, 5.74) is 2.70. The summed E-state index contributed by atoms with van der Waals surface area (Å²) in [4.78, 5) is 15.2. The van der Waals surface area contributed by atoms with Crippen molar-refractivity contribution in [2.45, 2.75) is 32.0 Å². The quantitative estimate of drug-likeness (QED) is 0.835. The second kappa shape index (κ2) is 5.01. The molecule has 0 bridgehead atoms. The lowest BCUT2D eigenvalue weighted by Crippen LogP contribution is -2.06. The lowest BCUT2D eigenvalue weighted by atomic mass is 10.4. The third-order valence-electron chi connectivity index (χ3n) is 2.63. The van der Waals surface area contributed by atoms with E-state index in [1.54, 1.807) is 4.68 Å². The zero-order valence-electron chi connectivity index (χ0n) is 10.7. The lowest BCUT2D eigenvalue weighted by Gasteiger charge is -2.06. The van der Waals surface area contributed by atoms with Crippen molar-refractivity contribution in [2.75, 3.05) is 5.75 Å². The summed E-state index contributed by atoms with van der Waals surface area (Å²) < 4.78 is 3.85. The topological polar surface area (TPSA) is 72.9 Å². The molecule has 18 heavy (non-hydrogen) atoms. The third kappa shape index (κ3) is 2.22. The second-order valence-electron chi connectivity index (χ2n) is 4.11. The van der Waals surface area contributed by atoms with Gasteiger partial charge in [-0.15, -0.1) is 0 Å². The molecule has 6 nitrogen and oxygen atoms in total. The summed E-state index contributed by atoms with van der Waals surface area (Å²) in [6.07, 6.45) is 0.969.